The van der Waals surface area contributed by atoms with Gasteiger partial charge in [0, 0.05) is 31.7 Å². The lowest BCUT2D eigenvalue weighted by Gasteiger charge is -2.22. The third-order valence-corrected chi connectivity index (χ3v) is 5.73. The fourth-order valence-electron chi connectivity index (χ4n) is 3.96. The molecule has 0 radical (unpaired) electrons. The number of rotatable bonds is 4. The van der Waals surface area contributed by atoms with E-state index in [9.17, 15) is 9.59 Å². The predicted molar refractivity (Wildman–Crippen MR) is 101 cm³/mol. The van der Waals surface area contributed by atoms with Crippen LogP contribution in [0.2, 0.25) is 0 Å². The lowest BCUT2D eigenvalue weighted by molar-refractivity contribution is -0.124. The maximum Gasteiger partial charge on any atom is 0.275 e. The van der Waals surface area contributed by atoms with Crippen LogP contribution in [0, 0.1) is 5.41 Å². The average molecular weight is 367 g/mol. The highest BCUT2D eigenvalue weighted by Gasteiger charge is 2.55. The summed E-state index contributed by atoms with van der Waals surface area (Å²) in [5.74, 6) is -0.0536. The number of amides is 2. The van der Waals surface area contributed by atoms with Crippen LogP contribution in [0.5, 0.6) is 0 Å². The van der Waals surface area contributed by atoms with Gasteiger partial charge < -0.3 is 10.2 Å². The molecule has 7 heteroatoms. The van der Waals surface area contributed by atoms with Crippen molar-refractivity contribution < 1.29 is 9.59 Å². The van der Waals surface area contributed by atoms with Crippen LogP contribution >= 0.6 is 0 Å². The van der Waals surface area contributed by atoms with Crippen LogP contribution in [0.15, 0.2) is 30.6 Å². The Morgan fingerprint density at radius 2 is 1.96 bits per heavy atom. The Balaban J connectivity index is 1.68. The lowest BCUT2D eigenvalue weighted by atomic mass is 10.0. The molecular weight excluding hydrogens is 342 g/mol. The number of likely N-dealkylation sites (N-methyl/N-ethyl adjacent to an activating group) is 1. The molecule has 1 aliphatic heterocycles. The Kier molecular flexibility index (Phi) is 4.25. The molecule has 4 rings (SSSR count). The summed E-state index contributed by atoms with van der Waals surface area (Å²) >= 11 is 0. The van der Waals surface area contributed by atoms with Gasteiger partial charge in [0.05, 0.1) is 5.69 Å². The van der Waals surface area contributed by atoms with Crippen LogP contribution in [0.3, 0.4) is 0 Å². The summed E-state index contributed by atoms with van der Waals surface area (Å²) in [5, 5.41) is 7.30. The van der Waals surface area contributed by atoms with E-state index in [2.05, 4.69) is 29.2 Å². The second kappa shape index (κ2) is 6.48. The van der Waals surface area contributed by atoms with Gasteiger partial charge in [-0.1, -0.05) is 13.8 Å². The number of pyridine rings is 1. The molecule has 0 aromatic carbocycles. The number of carbonyl (C=O) groups is 2. The highest BCUT2D eigenvalue weighted by Crippen LogP contribution is 2.55. The van der Waals surface area contributed by atoms with Crippen LogP contribution < -0.4 is 5.32 Å². The molecule has 1 spiro atoms. The van der Waals surface area contributed by atoms with E-state index in [1.54, 1.807) is 29.0 Å². The van der Waals surface area contributed by atoms with Gasteiger partial charge in [0.1, 0.15) is 6.04 Å². The molecule has 1 aliphatic carbocycles. The number of hydrogen-bond acceptors (Lipinski definition) is 4. The van der Waals surface area contributed by atoms with Gasteiger partial charge >= 0.3 is 0 Å². The summed E-state index contributed by atoms with van der Waals surface area (Å²) in [6, 6.07) is 5.19. The first-order valence-corrected chi connectivity index (χ1v) is 9.47. The molecule has 1 N–H and O–H groups in total. The van der Waals surface area contributed by atoms with Gasteiger partial charge in [0.25, 0.3) is 5.91 Å². The fraction of sp³-hybridized carbons (Fsp3) is 0.500. The second-order valence-electron chi connectivity index (χ2n) is 7.99. The number of carbonyl (C=O) groups excluding carboxylic acids is 2. The predicted octanol–water partition coefficient (Wildman–Crippen LogP) is 2.13. The van der Waals surface area contributed by atoms with Crippen molar-refractivity contribution in [3.8, 4) is 5.69 Å². The van der Waals surface area contributed by atoms with Gasteiger partial charge in [0.15, 0.2) is 5.69 Å². The van der Waals surface area contributed by atoms with E-state index in [0.29, 0.717) is 12.2 Å². The van der Waals surface area contributed by atoms with E-state index in [0.717, 1.165) is 30.6 Å². The average Bonchev–Trinajstić information content (AvgIpc) is 3.12. The summed E-state index contributed by atoms with van der Waals surface area (Å²) in [4.78, 5) is 31.4. The van der Waals surface area contributed by atoms with Crippen molar-refractivity contribution in [1.29, 1.82) is 0 Å². The van der Waals surface area contributed by atoms with E-state index in [-0.39, 0.29) is 23.1 Å². The lowest BCUT2D eigenvalue weighted by Crippen LogP contribution is -2.45. The highest BCUT2D eigenvalue weighted by atomic mass is 16.2. The monoisotopic (exact) mass is 367 g/mol. The van der Waals surface area contributed by atoms with E-state index in [4.69, 9.17) is 0 Å². The Morgan fingerprint density at radius 1 is 1.26 bits per heavy atom. The molecule has 0 unspecified atom stereocenters. The standard InChI is InChI=1S/C20H25N5O2/c1-13(2)16-10-15(23-25(16)14-4-8-22-9-5-14)19(27)24-12-20(6-7-20)11-17(24)18(26)21-3/h4-5,8-10,13,17H,6-7,11-12H2,1-3H3,(H,21,26)/t17-/m0/s1. The molecule has 2 aromatic heterocycles. The first kappa shape index (κ1) is 17.7. The molecule has 1 atom stereocenters. The Hall–Kier alpha value is -2.70. The summed E-state index contributed by atoms with van der Waals surface area (Å²) < 4.78 is 1.80. The largest absolute Gasteiger partial charge is 0.357 e. The normalized spacial score (nSPS) is 20.3. The Morgan fingerprint density at radius 3 is 2.56 bits per heavy atom. The van der Waals surface area contributed by atoms with Gasteiger partial charge in [0.2, 0.25) is 5.91 Å². The Bertz CT molecular complexity index is 870. The van der Waals surface area contributed by atoms with E-state index >= 15 is 0 Å². The molecule has 1 saturated heterocycles. The zero-order chi connectivity index (χ0) is 19.2. The highest BCUT2D eigenvalue weighted by molar-refractivity contribution is 5.97. The molecule has 27 heavy (non-hydrogen) atoms. The van der Waals surface area contributed by atoms with Crippen LogP contribution in [-0.2, 0) is 4.79 Å². The summed E-state index contributed by atoms with van der Waals surface area (Å²) in [6.45, 7) is 4.79. The van der Waals surface area contributed by atoms with Crippen molar-refractivity contribution in [2.45, 2.75) is 45.1 Å². The van der Waals surface area contributed by atoms with E-state index in [1.807, 2.05) is 18.2 Å². The third kappa shape index (κ3) is 3.11. The van der Waals surface area contributed by atoms with Crippen molar-refractivity contribution in [1.82, 2.24) is 25.0 Å². The quantitative estimate of drug-likeness (QED) is 0.898. The molecule has 1 saturated carbocycles. The third-order valence-electron chi connectivity index (χ3n) is 5.73. The van der Waals surface area contributed by atoms with E-state index in [1.165, 1.54) is 0 Å². The summed E-state index contributed by atoms with van der Waals surface area (Å²) in [6.07, 6.45) is 6.35. The smallest absolute Gasteiger partial charge is 0.275 e. The van der Waals surface area contributed by atoms with Crippen LogP contribution in [-0.4, -0.2) is 51.1 Å². The van der Waals surface area contributed by atoms with Crippen LogP contribution in [0.25, 0.3) is 5.69 Å². The van der Waals surface area contributed by atoms with E-state index < -0.39 is 6.04 Å². The second-order valence-corrected chi connectivity index (χ2v) is 7.99. The van der Waals surface area contributed by atoms with Crippen molar-refractivity contribution in [2.24, 2.45) is 5.41 Å². The number of nitrogens with one attached hydrogen (secondary N) is 1. The summed E-state index contributed by atoms with van der Waals surface area (Å²) in [7, 11) is 1.62. The number of nitrogens with zero attached hydrogens (tertiary/aromatic N) is 4. The molecule has 2 aromatic rings. The molecule has 2 amide bonds. The maximum absolute atomic E-state index is 13.3. The van der Waals surface area contributed by atoms with Gasteiger partial charge in [-0.15, -0.1) is 0 Å². The van der Waals surface area contributed by atoms with Crippen molar-refractivity contribution in [2.75, 3.05) is 13.6 Å². The number of likely N-dealkylation sites (tertiary alicyclic amines) is 1. The first-order chi connectivity index (χ1) is 12.9. The van der Waals surface area contributed by atoms with Crippen molar-refractivity contribution >= 4 is 11.8 Å². The van der Waals surface area contributed by atoms with Gasteiger partial charge in [-0.2, -0.15) is 5.10 Å². The van der Waals surface area contributed by atoms with Gasteiger partial charge in [-0.3, -0.25) is 14.6 Å². The first-order valence-electron chi connectivity index (χ1n) is 9.47. The zero-order valence-corrected chi connectivity index (χ0v) is 16.0. The van der Waals surface area contributed by atoms with Gasteiger partial charge in [-0.25, -0.2) is 4.68 Å². The van der Waals surface area contributed by atoms with Crippen molar-refractivity contribution in [3.63, 3.8) is 0 Å². The fourth-order valence-corrected chi connectivity index (χ4v) is 3.96. The van der Waals surface area contributed by atoms with Crippen LogP contribution in [0.4, 0.5) is 0 Å². The number of aromatic nitrogens is 3. The molecule has 3 heterocycles. The molecule has 0 bridgehead atoms. The minimum absolute atomic E-state index is 0.0928. The number of hydrogen-bond donors (Lipinski definition) is 1. The minimum Gasteiger partial charge on any atom is -0.357 e. The van der Waals surface area contributed by atoms with Crippen molar-refractivity contribution in [3.05, 3.63) is 42.0 Å². The molecule has 2 fully saturated rings. The molecule has 142 valence electrons. The Labute approximate surface area is 158 Å². The molecule has 2 aliphatic rings. The van der Waals surface area contributed by atoms with Crippen LogP contribution in [0.1, 0.15) is 55.2 Å². The SMILES string of the molecule is CNC(=O)[C@@H]1CC2(CC2)CN1C(=O)c1cc(C(C)C)n(-c2ccncc2)n1. The van der Waals surface area contributed by atoms with Gasteiger partial charge in [-0.05, 0) is 48.8 Å². The summed E-state index contributed by atoms with van der Waals surface area (Å²) in [5.41, 5.74) is 2.36. The maximum atomic E-state index is 13.3. The zero-order valence-electron chi connectivity index (χ0n) is 16.0. The molecular formula is C20H25N5O2. The minimum atomic E-state index is -0.404. The molecule has 7 nitrogen and oxygen atoms in total. The topological polar surface area (TPSA) is 80.1 Å².